The van der Waals surface area contributed by atoms with E-state index in [0.717, 1.165) is 22.3 Å². The molecule has 2 amide bonds. The fraction of sp³-hybridized carbons (Fsp3) is 0.308. The van der Waals surface area contributed by atoms with Crippen molar-refractivity contribution in [3.63, 3.8) is 0 Å². The van der Waals surface area contributed by atoms with Crippen LogP contribution in [0.5, 0.6) is 0 Å². The van der Waals surface area contributed by atoms with Crippen molar-refractivity contribution in [2.45, 2.75) is 32.2 Å². The number of aromatic nitrogens is 2. The number of rotatable bonds is 8. The van der Waals surface area contributed by atoms with E-state index in [1.807, 2.05) is 43.3 Å². The topological polar surface area (TPSA) is 114 Å². The summed E-state index contributed by atoms with van der Waals surface area (Å²) in [4.78, 5) is 38.1. The Bertz CT molecular complexity index is 1220. The van der Waals surface area contributed by atoms with Gasteiger partial charge in [-0.1, -0.05) is 55.5 Å². The van der Waals surface area contributed by atoms with Crippen LogP contribution >= 0.6 is 0 Å². The van der Waals surface area contributed by atoms with Crippen molar-refractivity contribution >= 4 is 23.8 Å². The molecule has 0 spiro atoms. The summed E-state index contributed by atoms with van der Waals surface area (Å²) in [6.45, 7) is 3.39. The summed E-state index contributed by atoms with van der Waals surface area (Å²) in [6, 6.07) is 17.3. The number of nitrogens with zero attached hydrogens (tertiary/aromatic N) is 3. The minimum atomic E-state index is -1.10. The molecule has 0 aliphatic heterocycles. The summed E-state index contributed by atoms with van der Waals surface area (Å²) in [5.41, 5.74) is 4.65. The lowest BCUT2D eigenvalue weighted by molar-refractivity contribution is -0.138. The molecule has 1 heterocycles. The fourth-order valence-corrected chi connectivity index (χ4v) is 4.41. The van der Waals surface area contributed by atoms with Gasteiger partial charge in [-0.3, -0.25) is 19.6 Å². The minimum absolute atomic E-state index is 0.0749. The molecule has 1 aromatic heterocycles. The van der Waals surface area contributed by atoms with E-state index in [1.165, 1.54) is 15.6 Å². The maximum Gasteiger partial charge on any atom is 0.412 e. The van der Waals surface area contributed by atoms with Crippen LogP contribution in [0, 0.1) is 0 Å². The van der Waals surface area contributed by atoms with E-state index in [0.29, 0.717) is 6.42 Å². The normalized spacial score (nSPS) is 13.0. The average Bonchev–Trinajstić information content (AvgIpc) is 3.37. The van der Waals surface area contributed by atoms with Crippen LogP contribution in [-0.2, 0) is 16.6 Å². The van der Waals surface area contributed by atoms with Crippen LogP contribution < -0.4 is 5.32 Å². The highest BCUT2D eigenvalue weighted by Crippen LogP contribution is 2.44. The molecule has 0 saturated heterocycles. The molecule has 182 valence electrons. The van der Waals surface area contributed by atoms with Crippen molar-refractivity contribution in [1.29, 1.82) is 0 Å². The summed E-state index contributed by atoms with van der Waals surface area (Å²) < 4.78 is 6.85. The predicted molar refractivity (Wildman–Crippen MR) is 130 cm³/mol. The summed E-state index contributed by atoms with van der Waals surface area (Å²) in [6.07, 6.45) is -0.0878. The van der Waals surface area contributed by atoms with E-state index in [1.54, 1.807) is 14.0 Å². The number of anilines is 1. The number of nitrogens with one attached hydrogen (secondary N) is 1. The maximum atomic E-state index is 13.0. The van der Waals surface area contributed by atoms with E-state index in [2.05, 4.69) is 22.5 Å². The van der Waals surface area contributed by atoms with Gasteiger partial charge < -0.3 is 14.7 Å². The van der Waals surface area contributed by atoms with Crippen molar-refractivity contribution in [1.82, 2.24) is 14.7 Å². The van der Waals surface area contributed by atoms with Crippen LogP contribution in [-0.4, -0.2) is 57.0 Å². The number of carboxylic acid groups (broad SMARTS) is 1. The second-order valence-electron chi connectivity index (χ2n) is 8.57. The lowest BCUT2D eigenvalue weighted by Gasteiger charge is -2.26. The molecule has 1 unspecified atom stereocenters. The molecule has 1 atom stereocenters. The number of hydrogen-bond acceptors (Lipinski definition) is 5. The molecule has 9 nitrogen and oxygen atoms in total. The molecule has 0 radical (unpaired) electrons. The molecule has 9 heteroatoms. The number of hydrogen-bond donors (Lipinski definition) is 2. The van der Waals surface area contributed by atoms with E-state index in [9.17, 15) is 19.5 Å². The Balaban J connectivity index is 1.44. The molecular formula is C26H28N4O5. The zero-order chi connectivity index (χ0) is 25.1. The largest absolute Gasteiger partial charge is 0.480 e. The first kappa shape index (κ1) is 24.0. The van der Waals surface area contributed by atoms with Crippen molar-refractivity contribution in [2.24, 2.45) is 7.05 Å². The second kappa shape index (κ2) is 10.0. The Morgan fingerprint density at radius 2 is 1.71 bits per heavy atom. The Morgan fingerprint density at radius 1 is 1.11 bits per heavy atom. The van der Waals surface area contributed by atoms with Crippen LogP contribution in [0.1, 0.15) is 47.8 Å². The van der Waals surface area contributed by atoms with Crippen LogP contribution in [0.25, 0.3) is 11.1 Å². The van der Waals surface area contributed by atoms with Gasteiger partial charge in [0.25, 0.3) is 5.91 Å². The minimum Gasteiger partial charge on any atom is -0.480 e. The Kier molecular flexibility index (Phi) is 6.86. The van der Waals surface area contributed by atoms with Crippen molar-refractivity contribution in [3.05, 3.63) is 71.4 Å². The SMILES string of the molecule is CCC(C)N(CC(=O)O)C(=O)c1cc(NC(=O)OCC2c3ccccc3-c3ccccc32)nn1C. The molecule has 0 bridgehead atoms. The van der Waals surface area contributed by atoms with Crippen molar-refractivity contribution in [3.8, 4) is 11.1 Å². The van der Waals surface area contributed by atoms with E-state index >= 15 is 0 Å². The molecule has 1 aliphatic rings. The quantitative estimate of drug-likeness (QED) is 0.506. The zero-order valence-corrected chi connectivity index (χ0v) is 19.9. The highest BCUT2D eigenvalue weighted by Gasteiger charge is 2.29. The number of aryl methyl sites for hydroxylation is 1. The number of benzene rings is 2. The van der Waals surface area contributed by atoms with Gasteiger partial charge in [0, 0.05) is 25.1 Å². The first-order chi connectivity index (χ1) is 16.8. The third-order valence-electron chi connectivity index (χ3n) is 6.36. The summed E-state index contributed by atoms with van der Waals surface area (Å²) >= 11 is 0. The van der Waals surface area contributed by atoms with Crippen molar-refractivity contribution < 1.29 is 24.2 Å². The van der Waals surface area contributed by atoms with E-state index in [-0.39, 0.29) is 30.1 Å². The maximum absolute atomic E-state index is 13.0. The number of ether oxygens (including phenoxy) is 1. The summed E-state index contributed by atoms with van der Waals surface area (Å²) in [7, 11) is 1.56. The number of carboxylic acids is 1. The lowest BCUT2D eigenvalue weighted by atomic mass is 9.98. The van der Waals surface area contributed by atoms with Gasteiger partial charge in [-0.25, -0.2) is 4.79 Å². The molecule has 0 saturated carbocycles. The Morgan fingerprint density at radius 3 is 2.29 bits per heavy atom. The number of carbonyl (C=O) groups is 3. The van der Waals surface area contributed by atoms with Gasteiger partial charge in [-0.05, 0) is 35.6 Å². The van der Waals surface area contributed by atoms with Crippen LogP contribution in [0.4, 0.5) is 10.6 Å². The zero-order valence-electron chi connectivity index (χ0n) is 19.9. The van der Waals surface area contributed by atoms with Gasteiger partial charge in [0.1, 0.15) is 18.8 Å². The number of fused-ring (bicyclic) bond motifs is 3. The third kappa shape index (κ3) is 4.89. The highest BCUT2D eigenvalue weighted by atomic mass is 16.5. The highest BCUT2D eigenvalue weighted by molar-refractivity contribution is 5.96. The second-order valence-corrected chi connectivity index (χ2v) is 8.57. The predicted octanol–water partition coefficient (Wildman–Crippen LogP) is 4.11. The van der Waals surface area contributed by atoms with Gasteiger partial charge in [0.2, 0.25) is 0 Å². The number of amides is 2. The number of carbonyl (C=O) groups excluding carboxylic acids is 2. The Hall–Kier alpha value is -4.14. The van der Waals surface area contributed by atoms with E-state index in [4.69, 9.17) is 4.74 Å². The molecule has 1 aliphatic carbocycles. The molecular weight excluding hydrogens is 448 g/mol. The lowest BCUT2D eigenvalue weighted by Crippen LogP contribution is -2.42. The molecule has 0 fully saturated rings. The average molecular weight is 477 g/mol. The third-order valence-corrected chi connectivity index (χ3v) is 6.36. The van der Waals surface area contributed by atoms with Crippen LogP contribution in [0.3, 0.4) is 0 Å². The summed E-state index contributed by atoms with van der Waals surface area (Å²) in [5, 5.41) is 16.0. The molecule has 4 rings (SSSR count). The van der Waals surface area contributed by atoms with Crippen LogP contribution in [0.15, 0.2) is 54.6 Å². The standard InChI is InChI=1S/C26H28N4O5/c1-4-16(2)30(14-24(31)32)25(33)22-13-23(28-29(22)3)27-26(34)35-15-21-19-11-7-5-9-17(19)18-10-6-8-12-20(18)21/h5-13,16,21H,4,14-15H2,1-3H3,(H,31,32)(H,27,28,34). The van der Waals surface area contributed by atoms with Crippen molar-refractivity contribution in [2.75, 3.05) is 18.5 Å². The van der Waals surface area contributed by atoms with E-state index < -0.39 is 24.5 Å². The molecule has 35 heavy (non-hydrogen) atoms. The van der Waals surface area contributed by atoms with Gasteiger partial charge in [0.05, 0.1) is 0 Å². The Labute approximate surface area is 203 Å². The van der Waals surface area contributed by atoms with Gasteiger partial charge in [0.15, 0.2) is 5.82 Å². The van der Waals surface area contributed by atoms with Gasteiger partial charge >= 0.3 is 12.1 Å². The fourth-order valence-electron chi connectivity index (χ4n) is 4.41. The smallest absolute Gasteiger partial charge is 0.412 e. The molecule has 3 aromatic rings. The van der Waals surface area contributed by atoms with Gasteiger partial charge in [-0.2, -0.15) is 5.10 Å². The first-order valence-corrected chi connectivity index (χ1v) is 11.5. The molecule has 2 aromatic carbocycles. The van der Waals surface area contributed by atoms with Crippen LogP contribution in [0.2, 0.25) is 0 Å². The number of aliphatic carboxylic acids is 1. The monoisotopic (exact) mass is 476 g/mol. The van der Waals surface area contributed by atoms with Gasteiger partial charge in [-0.15, -0.1) is 0 Å². The summed E-state index contributed by atoms with van der Waals surface area (Å²) in [5.74, 6) is -1.50. The first-order valence-electron chi connectivity index (χ1n) is 11.5. The molecule has 2 N–H and O–H groups in total.